The van der Waals surface area contributed by atoms with Crippen LogP contribution in [0, 0.1) is 0 Å². The van der Waals surface area contributed by atoms with Crippen molar-refractivity contribution < 1.29 is 34.5 Å². The van der Waals surface area contributed by atoms with E-state index in [1.807, 2.05) is 0 Å². The lowest BCUT2D eigenvalue weighted by Crippen LogP contribution is -2.64. The van der Waals surface area contributed by atoms with E-state index >= 15 is 0 Å². The fraction of sp³-hybridized carbons (Fsp3) is 0.556. The summed E-state index contributed by atoms with van der Waals surface area (Å²) in [5.41, 5.74) is 3.10. The lowest BCUT2D eigenvalue weighted by atomic mass is 10.0. The summed E-state index contributed by atoms with van der Waals surface area (Å²) in [4.78, 5) is 43.7. The van der Waals surface area contributed by atoms with Crippen LogP contribution in [0.5, 0.6) is 0 Å². The van der Waals surface area contributed by atoms with Crippen LogP contribution in [-0.2, 0) is 19.2 Å². The number of carboxylic acid groups (broad SMARTS) is 3. The summed E-state index contributed by atoms with van der Waals surface area (Å²) < 4.78 is 0. The Bertz CT molecular complexity index is 381. The normalized spacial score (nSPS) is 13.4. The zero-order chi connectivity index (χ0) is 14.5. The van der Waals surface area contributed by atoms with Gasteiger partial charge in [-0.25, -0.2) is 4.79 Å². The number of aliphatic carboxylic acids is 3. The second-order valence-corrected chi connectivity index (χ2v) is 3.62. The van der Waals surface area contributed by atoms with Crippen molar-refractivity contribution in [1.29, 1.82) is 0 Å². The van der Waals surface area contributed by atoms with Crippen LogP contribution >= 0.6 is 0 Å². The minimum absolute atomic E-state index is 0.417. The highest BCUT2D eigenvalue weighted by atomic mass is 16.4. The first-order chi connectivity index (χ1) is 8.11. The predicted molar refractivity (Wildman–Crippen MR) is 56.4 cm³/mol. The highest BCUT2D eigenvalue weighted by Gasteiger charge is 2.43. The molecule has 0 rings (SSSR count). The van der Waals surface area contributed by atoms with E-state index in [0.29, 0.717) is 4.90 Å². The van der Waals surface area contributed by atoms with Crippen LogP contribution in [-0.4, -0.2) is 56.2 Å². The Labute approximate surface area is 102 Å². The summed E-state index contributed by atoms with van der Waals surface area (Å²) in [6.45, 7) is 0.0337. The van der Waals surface area contributed by atoms with Crippen molar-refractivity contribution in [2.24, 2.45) is 5.73 Å². The minimum atomic E-state index is -2.36. The second kappa shape index (κ2) is 5.96. The van der Waals surface area contributed by atoms with E-state index in [-0.39, 0.29) is 0 Å². The lowest BCUT2D eigenvalue weighted by Gasteiger charge is -2.35. The van der Waals surface area contributed by atoms with Gasteiger partial charge in [-0.3, -0.25) is 20.1 Å². The SMILES string of the molecule is CC(=O)N(CC(=O)O)[C@@](N)(CCC(=O)O)C(=O)O. The molecule has 0 heterocycles. The van der Waals surface area contributed by atoms with Gasteiger partial charge in [0.25, 0.3) is 0 Å². The summed E-state index contributed by atoms with van der Waals surface area (Å²) >= 11 is 0. The fourth-order valence-corrected chi connectivity index (χ4v) is 1.32. The van der Waals surface area contributed by atoms with Gasteiger partial charge in [0.05, 0.1) is 0 Å². The number of hydrogen-bond acceptors (Lipinski definition) is 5. The van der Waals surface area contributed by atoms with Crippen LogP contribution < -0.4 is 5.73 Å². The first-order valence-electron chi connectivity index (χ1n) is 4.85. The van der Waals surface area contributed by atoms with E-state index in [9.17, 15) is 19.2 Å². The average Bonchev–Trinajstić information content (AvgIpc) is 2.21. The third-order valence-corrected chi connectivity index (χ3v) is 2.25. The van der Waals surface area contributed by atoms with Crippen molar-refractivity contribution in [2.45, 2.75) is 25.4 Å². The number of carbonyl (C=O) groups excluding carboxylic acids is 1. The highest BCUT2D eigenvalue weighted by molar-refractivity contribution is 5.88. The van der Waals surface area contributed by atoms with E-state index in [2.05, 4.69) is 0 Å². The number of hydrogen-bond donors (Lipinski definition) is 4. The van der Waals surface area contributed by atoms with E-state index in [1.54, 1.807) is 0 Å². The number of nitrogens with zero attached hydrogens (tertiary/aromatic N) is 1. The van der Waals surface area contributed by atoms with Crippen molar-refractivity contribution >= 4 is 23.8 Å². The molecular formula is C9H14N2O7. The zero-order valence-corrected chi connectivity index (χ0v) is 9.62. The Balaban J connectivity index is 5.24. The van der Waals surface area contributed by atoms with E-state index < -0.39 is 48.9 Å². The molecule has 0 aliphatic heterocycles. The third kappa shape index (κ3) is 4.01. The van der Waals surface area contributed by atoms with Gasteiger partial charge in [-0.2, -0.15) is 0 Å². The molecule has 0 saturated heterocycles. The maximum absolute atomic E-state index is 11.2. The van der Waals surface area contributed by atoms with Crippen molar-refractivity contribution in [2.75, 3.05) is 6.54 Å². The number of amides is 1. The molecule has 0 aromatic carbocycles. The Kier molecular flexibility index (Phi) is 5.24. The summed E-state index contributed by atoms with van der Waals surface area (Å²) in [5.74, 6) is -5.28. The largest absolute Gasteiger partial charge is 0.481 e. The van der Waals surface area contributed by atoms with E-state index in [0.717, 1.165) is 6.92 Å². The van der Waals surface area contributed by atoms with Gasteiger partial charge < -0.3 is 20.2 Å². The molecule has 9 nitrogen and oxygen atoms in total. The first-order valence-corrected chi connectivity index (χ1v) is 4.85. The quantitative estimate of drug-likeness (QED) is 0.404. The summed E-state index contributed by atoms with van der Waals surface area (Å²) in [6, 6.07) is 0. The van der Waals surface area contributed by atoms with Crippen molar-refractivity contribution in [1.82, 2.24) is 4.90 Å². The molecule has 1 amide bonds. The number of rotatable bonds is 7. The lowest BCUT2D eigenvalue weighted by molar-refractivity contribution is -0.163. The molecule has 0 aliphatic rings. The molecule has 0 radical (unpaired) electrons. The number of carboxylic acids is 3. The predicted octanol–water partition coefficient (Wildman–Crippen LogP) is -1.48. The van der Waals surface area contributed by atoms with Gasteiger partial charge in [-0.1, -0.05) is 0 Å². The molecule has 0 aliphatic carbocycles. The van der Waals surface area contributed by atoms with Crippen LogP contribution in [0.2, 0.25) is 0 Å². The Hall–Kier alpha value is -2.16. The van der Waals surface area contributed by atoms with Crippen LogP contribution in [0.4, 0.5) is 0 Å². The number of carbonyl (C=O) groups is 4. The molecule has 0 bridgehead atoms. The molecule has 0 spiro atoms. The van der Waals surface area contributed by atoms with Gasteiger partial charge in [0.2, 0.25) is 5.91 Å². The van der Waals surface area contributed by atoms with Gasteiger partial charge in [0.1, 0.15) is 6.54 Å². The molecule has 1 atom stereocenters. The molecule has 9 heteroatoms. The Morgan fingerprint density at radius 2 is 1.61 bits per heavy atom. The maximum atomic E-state index is 11.2. The fourth-order valence-electron chi connectivity index (χ4n) is 1.32. The van der Waals surface area contributed by atoms with Crippen LogP contribution in [0.15, 0.2) is 0 Å². The standard InChI is InChI=1S/C9H14N2O7/c1-5(12)11(4-7(15)16)9(10,8(17)18)3-2-6(13)14/h2-4,10H2,1H3,(H,13,14)(H,15,16)(H,17,18)/t9-/m0/s1. The topological polar surface area (TPSA) is 158 Å². The van der Waals surface area contributed by atoms with Gasteiger partial charge >= 0.3 is 17.9 Å². The summed E-state index contributed by atoms with van der Waals surface area (Å²) in [7, 11) is 0. The highest BCUT2D eigenvalue weighted by Crippen LogP contribution is 2.17. The molecule has 0 unspecified atom stereocenters. The Morgan fingerprint density at radius 3 is 1.89 bits per heavy atom. The zero-order valence-electron chi connectivity index (χ0n) is 9.62. The van der Waals surface area contributed by atoms with Crippen molar-refractivity contribution in [3.05, 3.63) is 0 Å². The minimum Gasteiger partial charge on any atom is -0.481 e. The van der Waals surface area contributed by atoms with Crippen molar-refractivity contribution in [3.63, 3.8) is 0 Å². The molecule has 0 aromatic rings. The van der Waals surface area contributed by atoms with Gasteiger partial charge in [-0.05, 0) is 0 Å². The summed E-state index contributed by atoms with van der Waals surface area (Å²) in [6.07, 6.45) is -1.20. The van der Waals surface area contributed by atoms with Crippen LogP contribution in [0.1, 0.15) is 19.8 Å². The monoisotopic (exact) mass is 262 g/mol. The summed E-state index contributed by atoms with van der Waals surface area (Å²) in [5, 5.41) is 26.1. The second-order valence-electron chi connectivity index (χ2n) is 3.62. The molecule has 0 saturated carbocycles. The van der Waals surface area contributed by atoms with E-state index in [1.165, 1.54) is 0 Å². The third-order valence-electron chi connectivity index (χ3n) is 2.25. The molecule has 0 fully saturated rings. The molecule has 5 N–H and O–H groups in total. The molecule has 0 aromatic heterocycles. The Morgan fingerprint density at radius 1 is 1.11 bits per heavy atom. The van der Waals surface area contributed by atoms with Gasteiger partial charge in [0, 0.05) is 19.8 Å². The van der Waals surface area contributed by atoms with Crippen LogP contribution in [0.3, 0.4) is 0 Å². The van der Waals surface area contributed by atoms with E-state index in [4.69, 9.17) is 21.1 Å². The molecular weight excluding hydrogens is 248 g/mol. The average molecular weight is 262 g/mol. The maximum Gasteiger partial charge on any atom is 0.344 e. The van der Waals surface area contributed by atoms with Gasteiger partial charge in [-0.15, -0.1) is 0 Å². The first kappa shape index (κ1) is 15.8. The smallest absolute Gasteiger partial charge is 0.344 e. The van der Waals surface area contributed by atoms with Crippen molar-refractivity contribution in [3.8, 4) is 0 Å². The molecule has 18 heavy (non-hydrogen) atoms. The van der Waals surface area contributed by atoms with Gasteiger partial charge in [0.15, 0.2) is 5.66 Å². The molecule has 102 valence electrons. The number of nitrogens with two attached hydrogens (primary N) is 1. The van der Waals surface area contributed by atoms with Crippen LogP contribution in [0.25, 0.3) is 0 Å².